The van der Waals surface area contributed by atoms with Crippen LogP contribution in [0.25, 0.3) is 16.9 Å². The second-order valence-corrected chi connectivity index (χ2v) is 9.85. The zero-order chi connectivity index (χ0) is 27.8. The molecule has 0 atom stereocenters. The summed E-state index contributed by atoms with van der Waals surface area (Å²) in [5.41, 5.74) is -0.117. The first kappa shape index (κ1) is 27.4. The molecule has 0 aliphatic heterocycles. The predicted octanol–water partition coefficient (Wildman–Crippen LogP) is 5.29. The highest BCUT2D eigenvalue weighted by Gasteiger charge is 2.32. The van der Waals surface area contributed by atoms with Crippen molar-refractivity contribution in [1.29, 1.82) is 0 Å². The van der Waals surface area contributed by atoms with Gasteiger partial charge in [-0.15, -0.1) is 0 Å². The van der Waals surface area contributed by atoms with E-state index in [4.69, 9.17) is 4.74 Å². The van der Waals surface area contributed by atoms with Crippen LogP contribution in [-0.2, 0) is 18.4 Å². The standard InChI is InChI=1S/C26H23BrF3N5O3/c1-14-12-31-24(25(3,4)37)34-21(14)16-7-5-9-18(11-16)35-15(2)32-22(20(27)23(35)36)38-13-17-8-6-10-19(33-17)26(28,29)30/h5-12,37H,13H2,1-4H3. The van der Waals surface area contributed by atoms with Gasteiger partial charge in [0, 0.05) is 11.8 Å². The third-order valence-corrected chi connectivity index (χ3v) is 6.19. The van der Waals surface area contributed by atoms with Gasteiger partial charge >= 0.3 is 6.18 Å². The Balaban J connectivity index is 1.67. The number of alkyl halides is 3. The molecule has 0 aliphatic carbocycles. The van der Waals surface area contributed by atoms with Crippen molar-refractivity contribution in [2.24, 2.45) is 0 Å². The number of halogens is 4. The zero-order valence-electron chi connectivity index (χ0n) is 20.8. The number of nitrogens with zero attached hydrogens (tertiary/aromatic N) is 5. The molecule has 4 rings (SSSR count). The molecule has 0 spiro atoms. The highest BCUT2D eigenvalue weighted by molar-refractivity contribution is 9.10. The molecule has 1 N–H and O–H groups in total. The second-order valence-electron chi connectivity index (χ2n) is 9.05. The topological polar surface area (TPSA) is 103 Å². The maximum absolute atomic E-state index is 13.3. The summed E-state index contributed by atoms with van der Waals surface area (Å²) in [6, 6.07) is 10.6. The SMILES string of the molecule is Cc1cnc(C(C)(C)O)nc1-c1cccc(-n2c(C)nc(OCc3cccc(C(F)(F)F)n3)c(Br)c2=O)c1. The maximum Gasteiger partial charge on any atom is 0.433 e. The van der Waals surface area contributed by atoms with E-state index in [0.29, 0.717) is 22.8 Å². The fourth-order valence-electron chi connectivity index (χ4n) is 3.66. The van der Waals surface area contributed by atoms with Gasteiger partial charge < -0.3 is 9.84 Å². The van der Waals surface area contributed by atoms with E-state index < -0.39 is 23.0 Å². The van der Waals surface area contributed by atoms with Gasteiger partial charge in [0.05, 0.1) is 17.1 Å². The molecule has 0 saturated carbocycles. The maximum atomic E-state index is 13.3. The first-order valence-electron chi connectivity index (χ1n) is 11.4. The van der Waals surface area contributed by atoms with Crippen LogP contribution < -0.4 is 10.3 Å². The normalized spacial score (nSPS) is 12.0. The van der Waals surface area contributed by atoms with Gasteiger partial charge in [0.15, 0.2) is 5.82 Å². The minimum atomic E-state index is -4.58. The van der Waals surface area contributed by atoms with Crippen molar-refractivity contribution < 1.29 is 23.0 Å². The highest BCUT2D eigenvalue weighted by atomic mass is 79.9. The molecule has 0 radical (unpaired) electrons. The summed E-state index contributed by atoms with van der Waals surface area (Å²) >= 11 is 3.22. The number of hydrogen-bond acceptors (Lipinski definition) is 7. The van der Waals surface area contributed by atoms with Crippen LogP contribution in [0.3, 0.4) is 0 Å². The van der Waals surface area contributed by atoms with E-state index in [2.05, 4.69) is 35.9 Å². The van der Waals surface area contributed by atoms with Gasteiger partial charge in [-0.3, -0.25) is 9.36 Å². The van der Waals surface area contributed by atoms with Crippen LogP contribution in [-0.4, -0.2) is 29.6 Å². The molecular weight excluding hydrogens is 567 g/mol. The van der Waals surface area contributed by atoms with Gasteiger partial charge in [0.1, 0.15) is 28.2 Å². The Labute approximate surface area is 224 Å². The number of benzene rings is 1. The minimum absolute atomic E-state index is 0.00279. The molecule has 0 fully saturated rings. The molecule has 0 aliphatic rings. The third kappa shape index (κ3) is 5.76. The van der Waals surface area contributed by atoms with Crippen LogP contribution in [0.15, 0.2) is 57.9 Å². The average Bonchev–Trinajstić information content (AvgIpc) is 2.85. The summed E-state index contributed by atoms with van der Waals surface area (Å²) < 4.78 is 45.8. The summed E-state index contributed by atoms with van der Waals surface area (Å²) in [7, 11) is 0. The molecule has 198 valence electrons. The molecule has 12 heteroatoms. The lowest BCUT2D eigenvalue weighted by molar-refractivity contribution is -0.141. The Morgan fingerprint density at radius 1 is 1.05 bits per heavy atom. The van der Waals surface area contributed by atoms with Crippen LogP contribution in [0, 0.1) is 13.8 Å². The Hall–Kier alpha value is -3.64. The van der Waals surface area contributed by atoms with Crippen molar-refractivity contribution in [2.75, 3.05) is 0 Å². The van der Waals surface area contributed by atoms with E-state index >= 15 is 0 Å². The molecule has 4 aromatic rings. The number of aliphatic hydroxyl groups is 1. The molecule has 0 unspecified atom stereocenters. The van der Waals surface area contributed by atoms with Crippen molar-refractivity contribution in [1.82, 2.24) is 24.5 Å². The summed E-state index contributed by atoms with van der Waals surface area (Å²) in [5.74, 6) is 0.484. The summed E-state index contributed by atoms with van der Waals surface area (Å²) in [5, 5.41) is 10.3. The van der Waals surface area contributed by atoms with Crippen LogP contribution in [0.1, 0.15) is 42.4 Å². The number of ether oxygens (including phenoxy) is 1. The number of aryl methyl sites for hydroxylation is 2. The van der Waals surface area contributed by atoms with Crippen molar-refractivity contribution in [2.45, 2.75) is 46.1 Å². The van der Waals surface area contributed by atoms with Gasteiger partial charge in [0.2, 0.25) is 5.88 Å². The quantitative estimate of drug-likeness (QED) is 0.326. The molecule has 0 saturated heterocycles. The lowest BCUT2D eigenvalue weighted by Crippen LogP contribution is -2.24. The first-order chi connectivity index (χ1) is 17.8. The molecule has 3 aromatic heterocycles. The van der Waals surface area contributed by atoms with Gasteiger partial charge in [-0.05, 0) is 73.5 Å². The number of hydrogen-bond donors (Lipinski definition) is 1. The summed E-state index contributed by atoms with van der Waals surface area (Å²) in [4.78, 5) is 29.9. The molecular formula is C26H23BrF3N5O3. The van der Waals surface area contributed by atoms with E-state index in [0.717, 1.165) is 11.6 Å². The summed E-state index contributed by atoms with van der Waals surface area (Å²) in [6.45, 7) is 6.33. The van der Waals surface area contributed by atoms with Crippen LogP contribution in [0.2, 0.25) is 0 Å². The highest BCUT2D eigenvalue weighted by Crippen LogP contribution is 2.29. The molecule has 1 aromatic carbocycles. The number of pyridine rings is 1. The Bertz CT molecular complexity index is 1570. The molecule has 8 nitrogen and oxygen atoms in total. The average molecular weight is 590 g/mol. The van der Waals surface area contributed by atoms with E-state index in [-0.39, 0.29) is 28.5 Å². The van der Waals surface area contributed by atoms with Crippen molar-refractivity contribution >= 4 is 15.9 Å². The van der Waals surface area contributed by atoms with E-state index in [1.807, 2.05) is 13.0 Å². The van der Waals surface area contributed by atoms with Crippen molar-refractivity contribution in [3.8, 4) is 22.8 Å². The van der Waals surface area contributed by atoms with Crippen LogP contribution >= 0.6 is 15.9 Å². The third-order valence-electron chi connectivity index (χ3n) is 5.52. The lowest BCUT2D eigenvalue weighted by atomic mass is 10.0. The summed E-state index contributed by atoms with van der Waals surface area (Å²) in [6.07, 6.45) is -2.95. The van der Waals surface area contributed by atoms with Crippen molar-refractivity contribution in [3.63, 3.8) is 0 Å². The molecule has 0 amide bonds. The Morgan fingerprint density at radius 2 is 1.76 bits per heavy atom. The Kier molecular flexibility index (Phi) is 7.39. The fourth-order valence-corrected chi connectivity index (χ4v) is 4.04. The van der Waals surface area contributed by atoms with Crippen molar-refractivity contribution in [3.05, 3.63) is 92.1 Å². The second kappa shape index (κ2) is 10.3. The zero-order valence-corrected chi connectivity index (χ0v) is 22.4. The van der Waals surface area contributed by atoms with Gasteiger partial charge in [-0.25, -0.2) is 15.0 Å². The smallest absolute Gasteiger partial charge is 0.433 e. The van der Waals surface area contributed by atoms with Crippen LogP contribution in [0.5, 0.6) is 5.88 Å². The van der Waals surface area contributed by atoms with Gasteiger partial charge in [-0.2, -0.15) is 18.2 Å². The van der Waals surface area contributed by atoms with E-state index in [1.165, 1.54) is 16.7 Å². The molecule has 3 heterocycles. The fraction of sp³-hybridized carbons (Fsp3) is 0.269. The van der Waals surface area contributed by atoms with Gasteiger partial charge in [-0.1, -0.05) is 18.2 Å². The lowest BCUT2D eigenvalue weighted by Gasteiger charge is -2.18. The number of aromatic nitrogens is 5. The Morgan fingerprint density at radius 3 is 2.45 bits per heavy atom. The monoisotopic (exact) mass is 589 g/mol. The largest absolute Gasteiger partial charge is 0.470 e. The predicted molar refractivity (Wildman–Crippen MR) is 137 cm³/mol. The molecule has 38 heavy (non-hydrogen) atoms. The molecule has 0 bridgehead atoms. The van der Waals surface area contributed by atoms with Gasteiger partial charge in [0.25, 0.3) is 5.56 Å². The van der Waals surface area contributed by atoms with Crippen LogP contribution in [0.4, 0.5) is 13.2 Å². The minimum Gasteiger partial charge on any atom is -0.470 e. The first-order valence-corrected chi connectivity index (χ1v) is 12.2. The number of rotatable bonds is 6. The van der Waals surface area contributed by atoms with E-state index in [1.54, 1.807) is 45.2 Å². The van der Waals surface area contributed by atoms with E-state index in [9.17, 15) is 23.1 Å².